The second kappa shape index (κ2) is 8.98. The molecule has 1 atom stereocenters. The molecule has 0 aromatic carbocycles. The van der Waals surface area contributed by atoms with E-state index in [2.05, 4.69) is 26.8 Å². The lowest BCUT2D eigenvalue weighted by atomic mass is 9.93. The summed E-state index contributed by atoms with van der Waals surface area (Å²) in [5.74, 6) is 0.606. The predicted octanol–water partition coefficient (Wildman–Crippen LogP) is 4.58. The van der Waals surface area contributed by atoms with Crippen molar-refractivity contribution in [1.82, 2.24) is 0 Å². The Morgan fingerprint density at radius 1 is 1.29 bits per heavy atom. The molecule has 1 unspecified atom stereocenters. The molecule has 82 valence electrons. The molecule has 1 N–H and O–H groups in total. The van der Waals surface area contributed by atoms with Crippen molar-refractivity contribution >= 4 is 6.21 Å². The molecular formula is C13H25N. The highest BCUT2D eigenvalue weighted by atomic mass is 14.3. The van der Waals surface area contributed by atoms with Crippen LogP contribution in [0.2, 0.25) is 0 Å². The van der Waals surface area contributed by atoms with Crippen molar-refractivity contribution < 1.29 is 0 Å². The average molecular weight is 195 g/mol. The average Bonchev–Trinajstić information content (AvgIpc) is 2.20. The SMILES string of the molecule is CCCCC/C=C(\C)C(CC)CC=N. The Kier molecular flexibility index (Phi) is 8.61. The molecule has 0 aliphatic heterocycles. The third-order valence-electron chi connectivity index (χ3n) is 2.81. The van der Waals surface area contributed by atoms with Crippen LogP contribution in [-0.2, 0) is 0 Å². The highest BCUT2D eigenvalue weighted by molar-refractivity contribution is 5.54. The summed E-state index contributed by atoms with van der Waals surface area (Å²) >= 11 is 0. The summed E-state index contributed by atoms with van der Waals surface area (Å²) in [6.45, 7) is 6.65. The van der Waals surface area contributed by atoms with Crippen LogP contribution in [0.15, 0.2) is 11.6 Å². The maximum atomic E-state index is 7.12. The van der Waals surface area contributed by atoms with Crippen LogP contribution in [0.1, 0.15) is 59.3 Å². The highest BCUT2D eigenvalue weighted by Gasteiger charge is 2.05. The van der Waals surface area contributed by atoms with Crippen LogP contribution in [-0.4, -0.2) is 6.21 Å². The molecule has 0 aromatic rings. The summed E-state index contributed by atoms with van der Waals surface area (Å²) < 4.78 is 0. The van der Waals surface area contributed by atoms with Gasteiger partial charge in [-0.1, -0.05) is 38.3 Å². The molecule has 1 heteroatoms. The Labute approximate surface area is 89.1 Å². The van der Waals surface area contributed by atoms with E-state index in [4.69, 9.17) is 5.41 Å². The van der Waals surface area contributed by atoms with E-state index in [1.165, 1.54) is 37.5 Å². The minimum Gasteiger partial charge on any atom is -0.313 e. The Hall–Kier alpha value is -0.590. The van der Waals surface area contributed by atoms with Crippen LogP contribution >= 0.6 is 0 Å². The van der Waals surface area contributed by atoms with Gasteiger partial charge in [-0.25, -0.2) is 0 Å². The van der Waals surface area contributed by atoms with Gasteiger partial charge in [-0.05, 0) is 44.7 Å². The van der Waals surface area contributed by atoms with E-state index >= 15 is 0 Å². The second-order valence-corrected chi connectivity index (χ2v) is 3.99. The van der Waals surface area contributed by atoms with Crippen molar-refractivity contribution in [2.24, 2.45) is 5.92 Å². The van der Waals surface area contributed by atoms with E-state index in [0.717, 1.165) is 12.8 Å². The van der Waals surface area contributed by atoms with Crippen LogP contribution in [0.5, 0.6) is 0 Å². The molecule has 0 rings (SSSR count). The summed E-state index contributed by atoms with van der Waals surface area (Å²) in [4.78, 5) is 0. The molecule has 1 nitrogen and oxygen atoms in total. The Morgan fingerprint density at radius 3 is 2.50 bits per heavy atom. The van der Waals surface area contributed by atoms with Gasteiger partial charge in [-0.15, -0.1) is 0 Å². The Morgan fingerprint density at radius 2 is 2.00 bits per heavy atom. The van der Waals surface area contributed by atoms with Gasteiger partial charge in [0.2, 0.25) is 0 Å². The van der Waals surface area contributed by atoms with Crippen LogP contribution in [0.25, 0.3) is 0 Å². The molecule has 14 heavy (non-hydrogen) atoms. The monoisotopic (exact) mass is 195 g/mol. The summed E-state index contributed by atoms with van der Waals surface area (Å²) in [7, 11) is 0. The third kappa shape index (κ3) is 5.95. The van der Waals surface area contributed by atoms with Gasteiger partial charge in [0.1, 0.15) is 0 Å². The molecule has 0 aromatic heterocycles. The number of hydrogen-bond acceptors (Lipinski definition) is 1. The second-order valence-electron chi connectivity index (χ2n) is 3.99. The van der Waals surface area contributed by atoms with Crippen LogP contribution in [0.3, 0.4) is 0 Å². The van der Waals surface area contributed by atoms with Gasteiger partial charge < -0.3 is 5.41 Å². The van der Waals surface area contributed by atoms with Gasteiger partial charge in [-0.3, -0.25) is 0 Å². The minimum atomic E-state index is 0.606. The van der Waals surface area contributed by atoms with E-state index in [1.807, 2.05) is 0 Å². The van der Waals surface area contributed by atoms with Crippen molar-refractivity contribution in [2.45, 2.75) is 59.3 Å². The lowest BCUT2D eigenvalue weighted by Crippen LogP contribution is -2.00. The van der Waals surface area contributed by atoms with Crippen molar-refractivity contribution in [2.75, 3.05) is 0 Å². The summed E-state index contributed by atoms with van der Waals surface area (Å²) in [5.41, 5.74) is 1.48. The van der Waals surface area contributed by atoms with Crippen molar-refractivity contribution in [3.05, 3.63) is 11.6 Å². The number of rotatable bonds is 8. The molecule has 0 saturated heterocycles. The number of allylic oxidation sites excluding steroid dienone is 2. The topological polar surface area (TPSA) is 23.9 Å². The molecule has 0 heterocycles. The zero-order valence-corrected chi connectivity index (χ0v) is 9.97. The fourth-order valence-corrected chi connectivity index (χ4v) is 1.71. The molecular weight excluding hydrogens is 170 g/mol. The number of unbranched alkanes of at least 4 members (excludes halogenated alkanes) is 3. The van der Waals surface area contributed by atoms with Gasteiger partial charge in [0.25, 0.3) is 0 Å². The molecule has 0 aliphatic carbocycles. The highest BCUT2D eigenvalue weighted by Crippen LogP contribution is 2.18. The first-order valence-corrected chi connectivity index (χ1v) is 5.91. The van der Waals surface area contributed by atoms with E-state index in [1.54, 1.807) is 0 Å². The zero-order valence-electron chi connectivity index (χ0n) is 9.97. The largest absolute Gasteiger partial charge is 0.313 e. The maximum Gasteiger partial charge on any atom is -0.00418 e. The Balaban J connectivity index is 3.86. The number of nitrogens with one attached hydrogen (secondary N) is 1. The van der Waals surface area contributed by atoms with Crippen LogP contribution in [0, 0.1) is 11.3 Å². The number of hydrogen-bond donors (Lipinski definition) is 1. The lowest BCUT2D eigenvalue weighted by molar-refractivity contribution is 0.613. The maximum absolute atomic E-state index is 7.12. The van der Waals surface area contributed by atoms with E-state index in [9.17, 15) is 0 Å². The van der Waals surface area contributed by atoms with Gasteiger partial charge in [0.15, 0.2) is 0 Å². The first kappa shape index (κ1) is 13.4. The van der Waals surface area contributed by atoms with Crippen molar-refractivity contribution in [3.63, 3.8) is 0 Å². The molecule has 0 aliphatic rings. The van der Waals surface area contributed by atoms with Crippen molar-refractivity contribution in [3.8, 4) is 0 Å². The van der Waals surface area contributed by atoms with Crippen LogP contribution < -0.4 is 0 Å². The molecule has 0 saturated carbocycles. The van der Waals surface area contributed by atoms with E-state index < -0.39 is 0 Å². The first-order valence-electron chi connectivity index (χ1n) is 5.91. The fraction of sp³-hybridized carbons (Fsp3) is 0.769. The molecule has 0 fully saturated rings. The van der Waals surface area contributed by atoms with Gasteiger partial charge in [0.05, 0.1) is 0 Å². The van der Waals surface area contributed by atoms with Crippen LogP contribution in [0.4, 0.5) is 0 Å². The third-order valence-corrected chi connectivity index (χ3v) is 2.81. The van der Waals surface area contributed by atoms with Gasteiger partial charge >= 0.3 is 0 Å². The van der Waals surface area contributed by atoms with E-state index in [-0.39, 0.29) is 0 Å². The van der Waals surface area contributed by atoms with Gasteiger partial charge in [-0.2, -0.15) is 0 Å². The minimum absolute atomic E-state index is 0.606. The fourth-order valence-electron chi connectivity index (χ4n) is 1.71. The molecule has 0 spiro atoms. The zero-order chi connectivity index (χ0) is 10.8. The van der Waals surface area contributed by atoms with E-state index in [0.29, 0.717) is 5.92 Å². The quantitative estimate of drug-likeness (QED) is 0.333. The first-order chi connectivity index (χ1) is 6.76. The molecule has 0 radical (unpaired) electrons. The summed E-state index contributed by atoms with van der Waals surface area (Å²) in [6, 6.07) is 0. The molecule has 0 bridgehead atoms. The van der Waals surface area contributed by atoms with Gasteiger partial charge in [0, 0.05) is 0 Å². The summed E-state index contributed by atoms with van der Waals surface area (Å²) in [6.07, 6.45) is 11.1. The normalized spacial score (nSPS) is 14.1. The van der Waals surface area contributed by atoms with Crippen molar-refractivity contribution in [1.29, 1.82) is 5.41 Å². The standard InChI is InChI=1S/C13H25N/c1-4-6-7-8-9-12(3)13(5-2)10-11-14/h9,11,13-14H,4-8,10H2,1-3H3/b12-9+,14-11?. The summed E-state index contributed by atoms with van der Waals surface area (Å²) in [5, 5.41) is 7.12. The Bertz CT molecular complexity index is 170. The lowest BCUT2D eigenvalue weighted by Gasteiger charge is -2.12. The smallest absolute Gasteiger partial charge is 0.00418 e. The molecule has 0 amide bonds. The predicted molar refractivity (Wildman–Crippen MR) is 65.1 cm³/mol.